The van der Waals surface area contributed by atoms with Crippen molar-refractivity contribution in [2.45, 2.75) is 70.4 Å². The van der Waals surface area contributed by atoms with E-state index in [-0.39, 0.29) is 12.1 Å². The number of hydrogen-bond acceptors (Lipinski definition) is 3. The molecule has 0 amide bonds. The Hall–Kier alpha value is -0.120. The molecule has 0 bridgehead atoms. The van der Waals surface area contributed by atoms with Crippen LogP contribution in [0.5, 0.6) is 0 Å². The number of likely N-dealkylation sites (tertiary alicyclic amines) is 1. The lowest BCUT2D eigenvalue weighted by Crippen LogP contribution is -2.52. The average molecular weight is 268 g/mol. The minimum absolute atomic E-state index is 0.101. The summed E-state index contributed by atoms with van der Waals surface area (Å²) < 4.78 is 0. The monoisotopic (exact) mass is 268 g/mol. The summed E-state index contributed by atoms with van der Waals surface area (Å²) >= 11 is 0. The highest BCUT2D eigenvalue weighted by molar-refractivity contribution is 4.90. The molecular formula is C16H32N2O. The van der Waals surface area contributed by atoms with Gasteiger partial charge in [0.2, 0.25) is 0 Å². The predicted molar refractivity (Wildman–Crippen MR) is 80.3 cm³/mol. The van der Waals surface area contributed by atoms with E-state index in [0.29, 0.717) is 0 Å². The Kier molecular flexibility index (Phi) is 5.67. The van der Waals surface area contributed by atoms with Crippen LogP contribution >= 0.6 is 0 Å². The van der Waals surface area contributed by atoms with Crippen LogP contribution in [0.25, 0.3) is 0 Å². The SMILES string of the molecule is CCNC(C)(CO)CCN1CCC[C@H]2CCCC[C@H]21. The number of piperidine rings is 1. The van der Waals surface area contributed by atoms with Gasteiger partial charge in [-0.3, -0.25) is 0 Å². The maximum atomic E-state index is 9.60. The highest BCUT2D eigenvalue weighted by Crippen LogP contribution is 2.35. The topological polar surface area (TPSA) is 35.5 Å². The van der Waals surface area contributed by atoms with Crippen LogP contribution in [-0.4, -0.2) is 47.8 Å². The largest absolute Gasteiger partial charge is 0.394 e. The van der Waals surface area contributed by atoms with E-state index >= 15 is 0 Å². The van der Waals surface area contributed by atoms with Gasteiger partial charge in [0.1, 0.15) is 0 Å². The number of rotatable bonds is 6. The zero-order valence-electron chi connectivity index (χ0n) is 12.8. The van der Waals surface area contributed by atoms with E-state index < -0.39 is 0 Å². The van der Waals surface area contributed by atoms with Crippen LogP contribution in [0, 0.1) is 5.92 Å². The number of nitrogens with one attached hydrogen (secondary N) is 1. The van der Waals surface area contributed by atoms with E-state index in [1.54, 1.807) is 0 Å². The van der Waals surface area contributed by atoms with Gasteiger partial charge in [-0.15, -0.1) is 0 Å². The molecule has 0 aromatic heterocycles. The summed E-state index contributed by atoms with van der Waals surface area (Å²) in [6.07, 6.45) is 9.60. The van der Waals surface area contributed by atoms with Crippen LogP contribution in [-0.2, 0) is 0 Å². The van der Waals surface area contributed by atoms with Crippen LogP contribution < -0.4 is 5.32 Å². The molecule has 2 N–H and O–H groups in total. The lowest BCUT2D eigenvalue weighted by Gasteiger charge is -2.45. The van der Waals surface area contributed by atoms with E-state index in [4.69, 9.17) is 0 Å². The first-order valence-electron chi connectivity index (χ1n) is 8.28. The number of fused-ring (bicyclic) bond motifs is 1. The molecule has 0 spiro atoms. The summed E-state index contributed by atoms with van der Waals surface area (Å²) in [5.74, 6) is 0.960. The van der Waals surface area contributed by atoms with Gasteiger partial charge in [-0.25, -0.2) is 0 Å². The van der Waals surface area contributed by atoms with E-state index in [1.165, 1.54) is 45.1 Å². The van der Waals surface area contributed by atoms with Gasteiger partial charge in [-0.05, 0) is 58.0 Å². The lowest BCUT2D eigenvalue weighted by atomic mass is 9.78. The predicted octanol–water partition coefficient (Wildman–Crippen LogP) is 2.39. The Labute approximate surface area is 118 Å². The molecule has 1 aliphatic heterocycles. The van der Waals surface area contributed by atoms with Crippen molar-refractivity contribution in [2.75, 3.05) is 26.2 Å². The van der Waals surface area contributed by atoms with Gasteiger partial charge < -0.3 is 15.3 Å². The van der Waals surface area contributed by atoms with Crippen molar-refractivity contribution in [1.29, 1.82) is 0 Å². The first kappa shape index (κ1) is 15.3. The molecule has 2 rings (SSSR count). The molecule has 19 heavy (non-hydrogen) atoms. The van der Waals surface area contributed by atoms with Crippen molar-refractivity contribution >= 4 is 0 Å². The summed E-state index contributed by atoms with van der Waals surface area (Å²) in [6, 6.07) is 0.840. The average Bonchev–Trinajstić information content (AvgIpc) is 2.45. The van der Waals surface area contributed by atoms with Gasteiger partial charge in [0.25, 0.3) is 0 Å². The smallest absolute Gasteiger partial charge is 0.0611 e. The Morgan fingerprint density at radius 3 is 2.68 bits per heavy atom. The molecule has 1 heterocycles. The third-order valence-corrected chi connectivity index (χ3v) is 5.26. The van der Waals surface area contributed by atoms with E-state index in [9.17, 15) is 5.11 Å². The number of likely N-dealkylation sites (N-methyl/N-ethyl adjacent to an activating group) is 1. The van der Waals surface area contributed by atoms with Crippen LogP contribution in [0.1, 0.15) is 58.8 Å². The zero-order valence-corrected chi connectivity index (χ0v) is 12.8. The van der Waals surface area contributed by atoms with Crippen LogP contribution in [0.3, 0.4) is 0 Å². The summed E-state index contributed by atoms with van der Waals surface area (Å²) in [4.78, 5) is 2.72. The highest BCUT2D eigenvalue weighted by Gasteiger charge is 2.34. The molecule has 1 saturated heterocycles. The summed E-state index contributed by atoms with van der Waals surface area (Å²) in [6.45, 7) is 7.86. The Bertz CT molecular complexity index is 269. The second-order valence-electron chi connectivity index (χ2n) is 6.79. The molecule has 1 saturated carbocycles. The molecule has 1 unspecified atom stereocenters. The van der Waals surface area contributed by atoms with Crippen LogP contribution in [0.4, 0.5) is 0 Å². The second-order valence-corrected chi connectivity index (χ2v) is 6.79. The third kappa shape index (κ3) is 3.93. The van der Waals surface area contributed by atoms with Gasteiger partial charge in [0, 0.05) is 18.1 Å². The summed E-state index contributed by atoms with van der Waals surface area (Å²) in [5.41, 5.74) is -0.101. The number of nitrogens with zero attached hydrogens (tertiary/aromatic N) is 1. The lowest BCUT2D eigenvalue weighted by molar-refractivity contribution is 0.0478. The molecule has 2 aliphatic rings. The summed E-state index contributed by atoms with van der Waals surface area (Å²) in [5, 5.41) is 13.0. The molecule has 0 radical (unpaired) electrons. The highest BCUT2D eigenvalue weighted by atomic mass is 16.3. The van der Waals surface area contributed by atoms with E-state index in [2.05, 4.69) is 24.1 Å². The normalized spacial score (nSPS) is 31.7. The number of aliphatic hydroxyl groups is 1. The van der Waals surface area contributed by atoms with Crippen molar-refractivity contribution in [3.05, 3.63) is 0 Å². The van der Waals surface area contributed by atoms with E-state index in [0.717, 1.165) is 31.5 Å². The van der Waals surface area contributed by atoms with Crippen LogP contribution in [0.2, 0.25) is 0 Å². The van der Waals surface area contributed by atoms with Crippen molar-refractivity contribution in [3.63, 3.8) is 0 Å². The molecular weight excluding hydrogens is 236 g/mol. The second kappa shape index (κ2) is 7.05. The fourth-order valence-corrected chi connectivity index (χ4v) is 4.05. The molecule has 3 nitrogen and oxygen atoms in total. The van der Waals surface area contributed by atoms with Crippen molar-refractivity contribution in [2.24, 2.45) is 5.92 Å². The van der Waals surface area contributed by atoms with Crippen molar-refractivity contribution in [1.82, 2.24) is 10.2 Å². The van der Waals surface area contributed by atoms with Crippen molar-refractivity contribution < 1.29 is 5.11 Å². The molecule has 2 fully saturated rings. The van der Waals surface area contributed by atoms with Gasteiger partial charge >= 0.3 is 0 Å². The molecule has 0 aromatic carbocycles. The third-order valence-electron chi connectivity index (χ3n) is 5.26. The minimum atomic E-state index is -0.101. The van der Waals surface area contributed by atoms with Crippen molar-refractivity contribution in [3.8, 4) is 0 Å². The Morgan fingerprint density at radius 1 is 1.21 bits per heavy atom. The Morgan fingerprint density at radius 2 is 1.95 bits per heavy atom. The fraction of sp³-hybridized carbons (Fsp3) is 1.00. The van der Waals surface area contributed by atoms with E-state index in [1.807, 2.05) is 0 Å². The summed E-state index contributed by atoms with van der Waals surface area (Å²) in [7, 11) is 0. The molecule has 3 heteroatoms. The standard InChI is InChI=1S/C16H32N2O/c1-3-17-16(2,13-19)10-12-18-11-6-8-14-7-4-5-9-15(14)18/h14-15,17,19H,3-13H2,1-2H3/t14-,15-,16?/m1/s1. The first-order valence-corrected chi connectivity index (χ1v) is 8.28. The number of aliphatic hydroxyl groups excluding tert-OH is 1. The van der Waals surface area contributed by atoms with Gasteiger partial charge in [-0.1, -0.05) is 19.8 Å². The Balaban J connectivity index is 1.86. The maximum absolute atomic E-state index is 9.60. The van der Waals surface area contributed by atoms with Crippen LogP contribution in [0.15, 0.2) is 0 Å². The quantitative estimate of drug-likeness (QED) is 0.776. The van der Waals surface area contributed by atoms with Gasteiger partial charge in [0.05, 0.1) is 6.61 Å². The molecule has 1 aliphatic carbocycles. The fourth-order valence-electron chi connectivity index (χ4n) is 4.05. The minimum Gasteiger partial charge on any atom is -0.394 e. The van der Waals surface area contributed by atoms with Gasteiger partial charge in [0.15, 0.2) is 0 Å². The molecule has 3 atom stereocenters. The molecule has 112 valence electrons. The van der Waals surface area contributed by atoms with Gasteiger partial charge in [-0.2, -0.15) is 0 Å². The maximum Gasteiger partial charge on any atom is 0.0611 e. The zero-order chi connectivity index (χ0) is 13.7. The number of hydrogen-bond donors (Lipinski definition) is 2. The molecule has 0 aromatic rings. The first-order chi connectivity index (χ1) is 9.18.